The van der Waals surface area contributed by atoms with Crippen molar-refractivity contribution in [2.24, 2.45) is 0 Å². The predicted molar refractivity (Wildman–Crippen MR) is 179 cm³/mol. The van der Waals surface area contributed by atoms with Crippen LogP contribution in [0.4, 0.5) is 32.0 Å². The summed E-state index contributed by atoms with van der Waals surface area (Å²) in [5.74, 6) is -1.38. The van der Waals surface area contributed by atoms with Crippen LogP contribution in [0.3, 0.4) is 0 Å². The van der Waals surface area contributed by atoms with Gasteiger partial charge in [0.15, 0.2) is 0 Å². The van der Waals surface area contributed by atoms with Crippen LogP contribution >= 0.6 is 23.2 Å². The minimum Gasteiger partial charge on any atom is -0.369 e. The van der Waals surface area contributed by atoms with E-state index in [1.165, 1.54) is 7.05 Å². The number of nitrogens with zero attached hydrogens (tertiary/aromatic N) is 3. The van der Waals surface area contributed by atoms with Gasteiger partial charge in [0.05, 0.1) is 27.4 Å². The van der Waals surface area contributed by atoms with Gasteiger partial charge in [0.1, 0.15) is 0 Å². The second-order valence-corrected chi connectivity index (χ2v) is 14.7. The topological polar surface area (TPSA) is 73.0 Å². The van der Waals surface area contributed by atoms with E-state index in [4.69, 9.17) is 23.2 Å². The van der Waals surface area contributed by atoms with Crippen molar-refractivity contribution in [1.29, 1.82) is 0 Å². The maximum Gasteiger partial charge on any atom is 0.416 e. The lowest BCUT2D eigenvalue weighted by Crippen LogP contribution is -2.47. The number of anilines is 1. The summed E-state index contributed by atoms with van der Waals surface area (Å²) in [6, 6.07) is 12.9. The third-order valence-electron chi connectivity index (χ3n) is 8.39. The SMILES string of the molecule is C[C@H](NS(C)(=O)=O)c1ccccc1N1CCN(CC[C@H](CN(C)C(=O)c2cc(C(F)(F)F)cc(C(F)(F)F)c2)c2ccc(Cl)c(Cl)c2)CC1. The number of carbonyl (C=O) groups is 1. The first-order valence-corrected chi connectivity index (χ1v) is 17.9. The molecule has 3 aromatic rings. The third kappa shape index (κ3) is 10.5. The van der Waals surface area contributed by atoms with Gasteiger partial charge in [-0.2, -0.15) is 26.3 Å². The number of para-hydroxylation sites is 1. The molecule has 0 aliphatic carbocycles. The summed E-state index contributed by atoms with van der Waals surface area (Å²) >= 11 is 12.4. The highest BCUT2D eigenvalue weighted by Crippen LogP contribution is 2.37. The molecule has 7 nitrogen and oxygen atoms in total. The van der Waals surface area contributed by atoms with Gasteiger partial charge in [-0.15, -0.1) is 0 Å². The lowest BCUT2D eigenvalue weighted by Gasteiger charge is -2.38. The standard InChI is InChI=1S/C33H36Cl2F6N4O3S/c1-21(42-49(3,47)48)27-6-4-5-7-30(27)45-14-12-44(13-15-45)11-10-23(22-8-9-28(34)29(35)18-22)20-43(2)31(46)24-16-25(32(36,37)38)19-26(17-24)33(39,40)41/h4-9,16-19,21,23,42H,10-15,20H2,1-3H3/t21-,23+/m0/s1. The van der Waals surface area contributed by atoms with Crippen LogP contribution in [0.2, 0.25) is 10.0 Å². The van der Waals surface area contributed by atoms with Crippen LogP contribution in [0, 0.1) is 0 Å². The minimum absolute atomic E-state index is 0.0132. The van der Waals surface area contributed by atoms with E-state index >= 15 is 0 Å². The lowest BCUT2D eigenvalue weighted by atomic mass is 9.94. The highest BCUT2D eigenvalue weighted by molar-refractivity contribution is 7.88. The second kappa shape index (κ2) is 15.5. The first-order chi connectivity index (χ1) is 22.7. The van der Waals surface area contributed by atoms with Crippen molar-refractivity contribution in [3.05, 3.63) is 98.5 Å². The molecule has 0 bridgehead atoms. The average molecular weight is 754 g/mol. The van der Waals surface area contributed by atoms with Gasteiger partial charge in [0.25, 0.3) is 5.91 Å². The number of hydrogen-bond acceptors (Lipinski definition) is 5. The molecular weight excluding hydrogens is 717 g/mol. The highest BCUT2D eigenvalue weighted by Gasteiger charge is 2.38. The van der Waals surface area contributed by atoms with Crippen LogP contribution in [-0.4, -0.2) is 76.7 Å². The Kier molecular flexibility index (Phi) is 12.2. The van der Waals surface area contributed by atoms with Gasteiger partial charge >= 0.3 is 12.4 Å². The number of hydrogen-bond donors (Lipinski definition) is 1. The molecule has 0 radical (unpaired) electrons. The molecule has 1 saturated heterocycles. The molecule has 268 valence electrons. The quantitative estimate of drug-likeness (QED) is 0.203. The molecule has 0 aromatic heterocycles. The van der Waals surface area contributed by atoms with Gasteiger partial charge in [0.2, 0.25) is 10.0 Å². The molecule has 0 saturated carbocycles. The minimum atomic E-state index is -5.09. The van der Waals surface area contributed by atoms with E-state index in [-0.39, 0.29) is 17.6 Å². The number of piperazine rings is 1. The third-order valence-corrected chi connectivity index (χ3v) is 9.91. The number of nitrogens with one attached hydrogen (secondary N) is 1. The highest BCUT2D eigenvalue weighted by atomic mass is 35.5. The first-order valence-electron chi connectivity index (χ1n) is 15.3. The van der Waals surface area contributed by atoms with Crippen LogP contribution in [0.25, 0.3) is 0 Å². The second-order valence-electron chi connectivity index (χ2n) is 12.1. The van der Waals surface area contributed by atoms with E-state index < -0.39 is 56.9 Å². The molecule has 1 amide bonds. The molecule has 2 atom stereocenters. The van der Waals surface area contributed by atoms with Crippen molar-refractivity contribution in [3.8, 4) is 0 Å². The molecule has 1 aliphatic heterocycles. The summed E-state index contributed by atoms with van der Waals surface area (Å²) in [5.41, 5.74) is -1.39. The fourth-order valence-electron chi connectivity index (χ4n) is 5.92. The zero-order valence-corrected chi connectivity index (χ0v) is 29.2. The van der Waals surface area contributed by atoms with Crippen LogP contribution in [0.1, 0.15) is 57.9 Å². The predicted octanol–water partition coefficient (Wildman–Crippen LogP) is 7.71. The smallest absolute Gasteiger partial charge is 0.369 e. The lowest BCUT2D eigenvalue weighted by molar-refractivity contribution is -0.143. The van der Waals surface area contributed by atoms with Crippen LogP contribution < -0.4 is 9.62 Å². The Bertz CT molecular complexity index is 1720. The van der Waals surface area contributed by atoms with Crippen LogP contribution in [-0.2, 0) is 22.4 Å². The number of alkyl halides is 6. The maximum absolute atomic E-state index is 13.5. The Morgan fingerprint density at radius 3 is 2.04 bits per heavy atom. The molecular formula is C33H36Cl2F6N4O3S. The summed E-state index contributed by atoms with van der Waals surface area (Å²) in [5, 5.41) is 0.562. The molecule has 3 aromatic carbocycles. The fourth-order valence-corrected chi connectivity index (χ4v) is 6.99. The number of benzene rings is 3. The van der Waals surface area contributed by atoms with Crippen LogP contribution in [0.15, 0.2) is 60.7 Å². The van der Waals surface area contributed by atoms with Crippen molar-refractivity contribution in [3.63, 3.8) is 0 Å². The number of amides is 1. The van der Waals surface area contributed by atoms with E-state index in [1.54, 1.807) is 25.1 Å². The summed E-state index contributed by atoms with van der Waals surface area (Å²) in [7, 11) is -2.09. The Morgan fingerprint density at radius 2 is 1.49 bits per heavy atom. The van der Waals surface area contributed by atoms with Crippen molar-refractivity contribution < 1.29 is 39.6 Å². The van der Waals surface area contributed by atoms with Crippen molar-refractivity contribution >= 4 is 44.8 Å². The summed E-state index contributed by atoms with van der Waals surface area (Å²) in [6.45, 7) is 4.95. The zero-order valence-electron chi connectivity index (χ0n) is 26.9. The van der Waals surface area contributed by atoms with E-state index in [1.807, 2.05) is 24.3 Å². The van der Waals surface area contributed by atoms with E-state index in [0.29, 0.717) is 61.9 Å². The van der Waals surface area contributed by atoms with Gasteiger partial charge in [-0.05, 0) is 67.4 Å². The molecule has 4 rings (SSSR count). The first kappa shape index (κ1) is 38.8. The maximum atomic E-state index is 13.5. The molecule has 49 heavy (non-hydrogen) atoms. The van der Waals surface area contributed by atoms with E-state index in [9.17, 15) is 39.6 Å². The fraction of sp³-hybridized carbons (Fsp3) is 0.424. The van der Waals surface area contributed by atoms with E-state index in [0.717, 1.165) is 22.4 Å². The number of rotatable bonds is 11. The summed E-state index contributed by atoms with van der Waals surface area (Å²) < 4.78 is 107. The molecule has 0 spiro atoms. The van der Waals surface area contributed by atoms with Gasteiger partial charge in [0, 0.05) is 63.0 Å². The molecule has 1 N–H and O–H groups in total. The van der Waals surface area contributed by atoms with Gasteiger partial charge in [-0.1, -0.05) is 47.5 Å². The van der Waals surface area contributed by atoms with Crippen molar-refractivity contribution in [2.45, 2.75) is 37.7 Å². The summed E-state index contributed by atoms with van der Waals surface area (Å²) in [4.78, 5) is 18.8. The average Bonchev–Trinajstić information content (AvgIpc) is 3.02. The number of carbonyl (C=O) groups excluding carboxylic acids is 1. The van der Waals surface area contributed by atoms with Gasteiger partial charge in [-0.3, -0.25) is 9.69 Å². The number of sulfonamides is 1. The normalized spacial score (nSPS) is 16.0. The van der Waals surface area contributed by atoms with Crippen molar-refractivity contribution in [2.75, 3.05) is 57.5 Å². The summed E-state index contributed by atoms with van der Waals surface area (Å²) in [6.07, 6.45) is -8.58. The Balaban J connectivity index is 1.49. The molecule has 0 unspecified atom stereocenters. The van der Waals surface area contributed by atoms with Gasteiger partial charge in [-0.25, -0.2) is 13.1 Å². The molecule has 1 aliphatic rings. The molecule has 1 heterocycles. The molecule has 16 heteroatoms. The number of halogens is 8. The van der Waals surface area contributed by atoms with Crippen molar-refractivity contribution in [1.82, 2.24) is 14.5 Å². The largest absolute Gasteiger partial charge is 0.416 e. The Labute approximate surface area is 291 Å². The van der Waals surface area contributed by atoms with E-state index in [2.05, 4.69) is 14.5 Å². The van der Waals surface area contributed by atoms with Crippen LogP contribution in [0.5, 0.6) is 0 Å². The monoisotopic (exact) mass is 752 g/mol. The Hall–Kier alpha value is -3.04. The zero-order chi connectivity index (χ0) is 36.3. The van der Waals surface area contributed by atoms with Gasteiger partial charge < -0.3 is 9.80 Å². The number of likely N-dealkylation sites (N-methyl/N-ethyl adjacent to an activating group) is 1. The Morgan fingerprint density at radius 1 is 0.898 bits per heavy atom. The molecule has 1 fully saturated rings.